The van der Waals surface area contributed by atoms with E-state index in [9.17, 15) is 0 Å². The Morgan fingerprint density at radius 3 is 2.62 bits per heavy atom. The van der Waals surface area contributed by atoms with E-state index in [-0.39, 0.29) is 0 Å². The predicted molar refractivity (Wildman–Crippen MR) is 108 cm³/mol. The van der Waals surface area contributed by atoms with Crippen molar-refractivity contribution in [3.63, 3.8) is 0 Å². The maximum absolute atomic E-state index is 9.09. The molecule has 0 amide bonds. The second-order valence-corrected chi connectivity index (χ2v) is 8.77. The number of β-amino-alcohol motifs (C(OH)–C–C–N with tert-alkyl or cyclic N) is 1. The second-order valence-electron chi connectivity index (χ2n) is 8.77. The Hall–Kier alpha value is -1.16. The highest BCUT2D eigenvalue weighted by Gasteiger charge is 2.49. The molecule has 26 heavy (non-hydrogen) atoms. The van der Waals surface area contributed by atoms with Crippen molar-refractivity contribution in [1.29, 1.82) is 0 Å². The summed E-state index contributed by atoms with van der Waals surface area (Å²) in [5.74, 6) is 0.753. The lowest BCUT2D eigenvalue weighted by atomic mass is 9.60. The smallest absolute Gasteiger partial charge is 0.0558 e. The van der Waals surface area contributed by atoms with Gasteiger partial charge in [0.05, 0.1) is 6.61 Å². The topological polar surface area (TPSA) is 35.5 Å². The second kappa shape index (κ2) is 7.84. The maximum Gasteiger partial charge on any atom is 0.0558 e. The van der Waals surface area contributed by atoms with Crippen LogP contribution in [0.1, 0.15) is 51.0 Å². The van der Waals surface area contributed by atoms with Gasteiger partial charge >= 0.3 is 0 Å². The van der Waals surface area contributed by atoms with Gasteiger partial charge < -0.3 is 15.3 Å². The van der Waals surface area contributed by atoms with Crippen LogP contribution in [0, 0.1) is 11.3 Å². The first-order valence-corrected chi connectivity index (χ1v) is 10.6. The Kier molecular flexibility index (Phi) is 5.49. The van der Waals surface area contributed by atoms with Crippen LogP contribution in [0.4, 0.5) is 0 Å². The maximum atomic E-state index is 9.09. The van der Waals surface area contributed by atoms with E-state index in [1.165, 1.54) is 50.8 Å². The van der Waals surface area contributed by atoms with Crippen molar-refractivity contribution >= 4 is 6.08 Å². The van der Waals surface area contributed by atoms with Crippen LogP contribution < -0.4 is 5.32 Å². The van der Waals surface area contributed by atoms with Crippen molar-refractivity contribution in [2.24, 2.45) is 11.3 Å². The van der Waals surface area contributed by atoms with Crippen molar-refractivity contribution in [2.45, 2.75) is 57.5 Å². The van der Waals surface area contributed by atoms with E-state index >= 15 is 0 Å². The number of nitrogens with zero attached hydrogens (tertiary/aromatic N) is 1. The van der Waals surface area contributed by atoms with Gasteiger partial charge in [0, 0.05) is 18.6 Å². The van der Waals surface area contributed by atoms with Gasteiger partial charge in [-0.05, 0) is 68.5 Å². The SMILES string of the molecule is CC/C(=C\c1ccccc1)[C@H]1C[C@@H]1NC1CC2(CCN(CCO)CC2)C1. The van der Waals surface area contributed by atoms with Gasteiger partial charge in [-0.1, -0.05) is 48.9 Å². The molecule has 3 fully saturated rings. The highest BCUT2D eigenvalue weighted by atomic mass is 16.3. The number of rotatable bonds is 7. The van der Waals surface area contributed by atoms with Crippen molar-refractivity contribution in [3.05, 3.63) is 41.5 Å². The molecule has 2 saturated carbocycles. The number of hydrogen-bond acceptors (Lipinski definition) is 3. The molecule has 3 nitrogen and oxygen atoms in total. The molecule has 1 aromatic carbocycles. The lowest BCUT2D eigenvalue weighted by Crippen LogP contribution is -2.54. The third-order valence-corrected chi connectivity index (χ3v) is 6.97. The highest BCUT2D eigenvalue weighted by molar-refractivity contribution is 5.54. The number of piperidine rings is 1. The molecule has 0 unspecified atom stereocenters. The van der Waals surface area contributed by atoms with Crippen molar-refractivity contribution < 1.29 is 5.11 Å². The molecule has 1 aromatic rings. The first-order valence-electron chi connectivity index (χ1n) is 10.6. The van der Waals surface area contributed by atoms with Gasteiger partial charge in [0.1, 0.15) is 0 Å². The fourth-order valence-corrected chi connectivity index (χ4v) is 5.23. The van der Waals surface area contributed by atoms with Crippen LogP contribution in [0.5, 0.6) is 0 Å². The zero-order chi connectivity index (χ0) is 18.0. The van der Waals surface area contributed by atoms with E-state index in [1.807, 2.05) is 0 Å². The lowest BCUT2D eigenvalue weighted by molar-refractivity contribution is 0.00146. The molecule has 2 atom stereocenters. The van der Waals surface area contributed by atoms with E-state index in [0.29, 0.717) is 18.1 Å². The minimum Gasteiger partial charge on any atom is -0.395 e. The quantitative estimate of drug-likeness (QED) is 0.784. The molecule has 3 aliphatic rings. The molecule has 0 bridgehead atoms. The van der Waals surface area contributed by atoms with E-state index in [4.69, 9.17) is 5.11 Å². The summed E-state index contributed by atoms with van der Waals surface area (Å²) in [4.78, 5) is 2.42. The van der Waals surface area contributed by atoms with Crippen LogP contribution in [0.15, 0.2) is 35.9 Å². The molecular weight excluding hydrogens is 320 g/mol. The first-order chi connectivity index (χ1) is 12.7. The van der Waals surface area contributed by atoms with Gasteiger partial charge in [-0.15, -0.1) is 0 Å². The normalized spacial score (nSPS) is 28.9. The Balaban J connectivity index is 1.23. The average Bonchev–Trinajstić information content (AvgIpc) is 3.40. The molecule has 1 saturated heterocycles. The Morgan fingerprint density at radius 2 is 1.96 bits per heavy atom. The molecule has 1 spiro atoms. The van der Waals surface area contributed by atoms with E-state index < -0.39 is 0 Å². The lowest BCUT2D eigenvalue weighted by Gasteiger charge is -2.52. The van der Waals surface area contributed by atoms with Gasteiger partial charge in [0.15, 0.2) is 0 Å². The number of aliphatic hydroxyl groups is 1. The average molecular weight is 355 g/mol. The molecule has 1 aliphatic heterocycles. The number of hydrogen-bond donors (Lipinski definition) is 2. The molecule has 142 valence electrons. The van der Waals surface area contributed by atoms with Crippen molar-refractivity contribution in [2.75, 3.05) is 26.2 Å². The van der Waals surface area contributed by atoms with E-state index in [0.717, 1.165) is 24.9 Å². The molecule has 0 aromatic heterocycles. The van der Waals surface area contributed by atoms with Gasteiger partial charge in [-0.25, -0.2) is 0 Å². The predicted octanol–water partition coefficient (Wildman–Crippen LogP) is 3.70. The Bertz CT molecular complexity index is 610. The van der Waals surface area contributed by atoms with Gasteiger partial charge in [0.2, 0.25) is 0 Å². The van der Waals surface area contributed by atoms with Crippen LogP contribution in [0.3, 0.4) is 0 Å². The molecule has 1 heterocycles. The molecule has 2 N–H and O–H groups in total. The summed E-state index contributed by atoms with van der Waals surface area (Å²) < 4.78 is 0. The summed E-state index contributed by atoms with van der Waals surface area (Å²) >= 11 is 0. The van der Waals surface area contributed by atoms with Crippen LogP contribution in [0.2, 0.25) is 0 Å². The number of benzene rings is 1. The van der Waals surface area contributed by atoms with Crippen LogP contribution in [-0.4, -0.2) is 48.3 Å². The molecule has 3 heteroatoms. The summed E-state index contributed by atoms with van der Waals surface area (Å²) in [5, 5.41) is 13.0. The first kappa shape index (κ1) is 18.2. The van der Waals surface area contributed by atoms with Crippen LogP contribution in [-0.2, 0) is 0 Å². The molecule has 2 aliphatic carbocycles. The van der Waals surface area contributed by atoms with Gasteiger partial charge in [-0.2, -0.15) is 0 Å². The third kappa shape index (κ3) is 4.05. The summed E-state index contributed by atoms with van der Waals surface area (Å²) in [6.07, 6.45) is 10.3. The van der Waals surface area contributed by atoms with Crippen molar-refractivity contribution in [1.82, 2.24) is 10.2 Å². The van der Waals surface area contributed by atoms with E-state index in [1.54, 1.807) is 5.57 Å². The minimum atomic E-state index is 0.302. The van der Waals surface area contributed by atoms with Crippen LogP contribution >= 0.6 is 0 Å². The third-order valence-electron chi connectivity index (χ3n) is 6.97. The Labute approximate surface area is 158 Å². The fourth-order valence-electron chi connectivity index (χ4n) is 5.23. The molecule has 4 rings (SSSR count). The number of nitrogens with one attached hydrogen (secondary N) is 1. The standard InChI is InChI=1S/C23H34N2O/c1-2-19(14-18-6-4-3-5-7-18)21-15-22(21)24-20-16-23(17-20)8-10-25(11-9-23)12-13-26/h3-7,14,20-22,24,26H,2,8-13,15-17H2,1H3/b19-14+/t21-,22+/m1/s1. The zero-order valence-corrected chi connectivity index (χ0v) is 16.2. The highest BCUT2D eigenvalue weighted by Crippen LogP contribution is 2.50. The minimum absolute atomic E-state index is 0.302. The number of likely N-dealkylation sites (tertiary alicyclic amines) is 1. The van der Waals surface area contributed by atoms with Gasteiger partial charge in [0.25, 0.3) is 0 Å². The van der Waals surface area contributed by atoms with Gasteiger partial charge in [-0.3, -0.25) is 0 Å². The van der Waals surface area contributed by atoms with E-state index in [2.05, 4.69) is 53.5 Å². The summed E-state index contributed by atoms with van der Waals surface area (Å²) in [6, 6.07) is 12.2. The summed E-state index contributed by atoms with van der Waals surface area (Å²) in [5.41, 5.74) is 3.56. The fraction of sp³-hybridized carbons (Fsp3) is 0.652. The van der Waals surface area contributed by atoms with Crippen molar-refractivity contribution in [3.8, 4) is 0 Å². The Morgan fingerprint density at radius 1 is 1.23 bits per heavy atom. The summed E-state index contributed by atoms with van der Waals surface area (Å²) in [6.45, 7) is 5.81. The summed E-state index contributed by atoms with van der Waals surface area (Å²) in [7, 11) is 0. The largest absolute Gasteiger partial charge is 0.395 e. The number of aliphatic hydroxyl groups excluding tert-OH is 1. The zero-order valence-electron chi connectivity index (χ0n) is 16.2. The molecule has 0 radical (unpaired) electrons. The van der Waals surface area contributed by atoms with Crippen LogP contribution in [0.25, 0.3) is 6.08 Å². The monoisotopic (exact) mass is 354 g/mol. The molecular formula is C23H34N2O.